The van der Waals surface area contributed by atoms with Gasteiger partial charge in [-0.1, -0.05) is 68.7 Å². The van der Waals surface area contributed by atoms with E-state index in [2.05, 4.69) is 22.1 Å². The fraction of sp³-hybridized carbons (Fsp3) is 0.323. The van der Waals surface area contributed by atoms with Crippen LogP contribution in [0.4, 0.5) is 10.5 Å². The maximum absolute atomic E-state index is 12.7. The van der Waals surface area contributed by atoms with Gasteiger partial charge in [0.15, 0.2) is 0 Å². The van der Waals surface area contributed by atoms with Crippen molar-refractivity contribution in [3.8, 4) is 11.1 Å². The van der Waals surface area contributed by atoms with Gasteiger partial charge in [0.2, 0.25) is 0 Å². The molecule has 3 N–H and O–H groups in total. The smallest absolute Gasteiger partial charge is 0.336 e. The van der Waals surface area contributed by atoms with Crippen molar-refractivity contribution in [3.05, 3.63) is 83.2 Å². The van der Waals surface area contributed by atoms with E-state index in [1.165, 1.54) is 19.3 Å². The molecule has 0 bridgehead atoms. The second-order valence-corrected chi connectivity index (χ2v) is 10.1. The average Bonchev–Trinajstić information content (AvgIpc) is 3.27. The van der Waals surface area contributed by atoms with Crippen molar-refractivity contribution in [2.24, 2.45) is 0 Å². The lowest BCUT2D eigenvalue weighted by molar-refractivity contribution is 0.0697. The van der Waals surface area contributed by atoms with Gasteiger partial charge in [0.25, 0.3) is 0 Å². The number of aromatic carboxylic acids is 1. The minimum atomic E-state index is -0.936. The van der Waals surface area contributed by atoms with Gasteiger partial charge in [-0.3, -0.25) is 0 Å². The molecular weight excluding hydrogens is 476 g/mol. The first-order chi connectivity index (χ1) is 18.4. The molecule has 1 saturated carbocycles. The quantitative estimate of drug-likeness (QED) is 0.255. The van der Waals surface area contributed by atoms with Crippen LogP contribution in [0.1, 0.15) is 66.3 Å². The highest BCUT2D eigenvalue weighted by Gasteiger charge is 2.18. The number of benzene rings is 3. The molecule has 1 aliphatic rings. The van der Waals surface area contributed by atoms with Crippen molar-refractivity contribution in [1.29, 1.82) is 0 Å². The zero-order chi connectivity index (χ0) is 26.6. The summed E-state index contributed by atoms with van der Waals surface area (Å²) in [6.07, 6.45) is 6.45. The van der Waals surface area contributed by atoms with E-state index in [9.17, 15) is 14.7 Å². The lowest BCUT2D eigenvalue weighted by atomic mass is 9.96. The van der Waals surface area contributed by atoms with Gasteiger partial charge < -0.3 is 20.3 Å². The van der Waals surface area contributed by atoms with E-state index in [0.717, 1.165) is 58.5 Å². The standard InChI is InChI=1S/C31H34N4O3/c1-3-28-34-29-20(2)17-24(33-31(38)32-23-9-5-4-6-10-23)18-27(29)35(28)19-21-13-15-22(16-14-21)25-11-7-8-12-26(25)30(36)37/h7-8,11-18,23H,3-6,9-10,19H2,1-2H3,(H,36,37)(H2,32,33,38). The number of amides is 2. The molecule has 1 aromatic heterocycles. The molecule has 5 rings (SSSR count). The summed E-state index contributed by atoms with van der Waals surface area (Å²) in [6.45, 7) is 4.74. The number of anilines is 1. The molecule has 196 valence electrons. The molecule has 1 heterocycles. The van der Waals surface area contributed by atoms with E-state index in [0.29, 0.717) is 12.1 Å². The minimum absolute atomic E-state index is 0.158. The number of carboxylic acids is 1. The van der Waals surface area contributed by atoms with E-state index in [-0.39, 0.29) is 17.6 Å². The molecule has 0 aliphatic heterocycles. The second kappa shape index (κ2) is 11.1. The van der Waals surface area contributed by atoms with Crippen molar-refractivity contribution < 1.29 is 14.7 Å². The highest BCUT2D eigenvalue weighted by Crippen LogP contribution is 2.28. The summed E-state index contributed by atoms with van der Waals surface area (Å²) in [4.78, 5) is 29.3. The number of carboxylic acid groups (broad SMARTS) is 1. The van der Waals surface area contributed by atoms with Crippen LogP contribution in [0.15, 0.2) is 60.7 Å². The summed E-state index contributed by atoms with van der Waals surface area (Å²) in [5.41, 5.74) is 6.63. The Morgan fingerprint density at radius 3 is 2.47 bits per heavy atom. The predicted molar refractivity (Wildman–Crippen MR) is 151 cm³/mol. The van der Waals surface area contributed by atoms with Crippen LogP contribution in [-0.4, -0.2) is 32.7 Å². The summed E-state index contributed by atoms with van der Waals surface area (Å²) in [5.74, 6) is 0.0431. The van der Waals surface area contributed by atoms with E-state index in [1.807, 2.05) is 55.5 Å². The summed E-state index contributed by atoms with van der Waals surface area (Å²) in [7, 11) is 0. The van der Waals surface area contributed by atoms with Gasteiger partial charge in [0, 0.05) is 24.7 Å². The molecule has 0 saturated heterocycles. The lowest BCUT2D eigenvalue weighted by Crippen LogP contribution is -2.39. The lowest BCUT2D eigenvalue weighted by Gasteiger charge is -2.23. The van der Waals surface area contributed by atoms with Crippen molar-refractivity contribution in [1.82, 2.24) is 14.9 Å². The molecule has 4 aromatic rings. The van der Waals surface area contributed by atoms with Gasteiger partial charge >= 0.3 is 12.0 Å². The minimum Gasteiger partial charge on any atom is -0.478 e. The van der Waals surface area contributed by atoms with Crippen molar-refractivity contribution >= 4 is 28.7 Å². The van der Waals surface area contributed by atoms with Crippen molar-refractivity contribution in [2.45, 2.75) is 65.0 Å². The Morgan fingerprint density at radius 1 is 1.03 bits per heavy atom. The van der Waals surface area contributed by atoms with Gasteiger partial charge in [-0.25, -0.2) is 14.6 Å². The Balaban J connectivity index is 1.40. The number of carbonyl (C=O) groups excluding carboxylic acids is 1. The molecule has 2 amide bonds. The fourth-order valence-electron chi connectivity index (χ4n) is 5.45. The number of aryl methyl sites for hydroxylation is 2. The molecular formula is C31H34N4O3. The number of nitrogens with one attached hydrogen (secondary N) is 2. The molecule has 7 nitrogen and oxygen atoms in total. The van der Waals surface area contributed by atoms with E-state index in [1.54, 1.807) is 12.1 Å². The van der Waals surface area contributed by atoms with Gasteiger partial charge in [0.05, 0.1) is 16.6 Å². The molecule has 1 aliphatic carbocycles. The Bertz CT molecular complexity index is 1470. The first-order valence-corrected chi connectivity index (χ1v) is 13.4. The number of rotatable bonds is 7. The van der Waals surface area contributed by atoms with Gasteiger partial charge in [-0.15, -0.1) is 0 Å². The van der Waals surface area contributed by atoms with Crippen molar-refractivity contribution in [2.75, 3.05) is 5.32 Å². The highest BCUT2D eigenvalue weighted by atomic mass is 16.4. The number of carbonyl (C=O) groups is 2. The molecule has 0 radical (unpaired) electrons. The maximum Gasteiger partial charge on any atom is 0.336 e. The first-order valence-electron chi connectivity index (χ1n) is 13.4. The first kappa shape index (κ1) is 25.5. The number of nitrogens with zero attached hydrogens (tertiary/aromatic N) is 2. The maximum atomic E-state index is 12.7. The van der Waals surface area contributed by atoms with Crippen LogP contribution in [0.3, 0.4) is 0 Å². The van der Waals surface area contributed by atoms with Gasteiger partial charge in [-0.2, -0.15) is 0 Å². The van der Waals surface area contributed by atoms with Crippen LogP contribution < -0.4 is 10.6 Å². The van der Waals surface area contributed by atoms with Crippen LogP contribution in [0, 0.1) is 6.92 Å². The molecule has 0 atom stereocenters. The molecule has 3 aromatic carbocycles. The largest absolute Gasteiger partial charge is 0.478 e. The zero-order valence-electron chi connectivity index (χ0n) is 22.0. The molecule has 38 heavy (non-hydrogen) atoms. The molecule has 0 spiro atoms. The van der Waals surface area contributed by atoms with Crippen LogP contribution in [0.5, 0.6) is 0 Å². The fourth-order valence-corrected chi connectivity index (χ4v) is 5.45. The topological polar surface area (TPSA) is 96.3 Å². The second-order valence-electron chi connectivity index (χ2n) is 10.1. The average molecular weight is 511 g/mol. The number of hydrogen-bond acceptors (Lipinski definition) is 3. The Morgan fingerprint density at radius 2 is 1.76 bits per heavy atom. The monoisotopic (exact) mass is 510 g/mol. The van der Waals surface area contributed by atoms with Crippen LogP contribution in [0.25, 0.3) is 22.2 Å². The number of urea groups is 1. The zero-order valence-corrected chi connectivity index (χ0v) is 22.0. The number of hydrogen-bond donors (Lipinski definition) is 3. The van der Waals surface area contributed by atoms with Crippen LogP contribution in [0.2, 0.25) is 0 Å². The van der Waals surface area contributed by atoms with Crippen LogP contribution >= 0.6 is 0 Å². The summed E-state index contributed by atoms with van der Waals surface area (Å²) >= 11 is 0. The number of fused-ring (bicyclic) bond motifs is 1. The normalized spacial score (nSPS) is 13.9. The summed E-state index contributed by atoms with van der Waals surface area (Å²) in [6, 6.07) is 19.1. The van der Waals surface area contributed by atoms with Gasteiger partial charge in [0.1, 0.15) is 5.82 Å². The van der Waals surface area contributed by atoms with Crippen molar-refractivity contribution in [3.63, 3.8) is 0 Å². The van der Waals surface area contributed by atoms with Crippen LogP contribution in [-0.2, 0) is 13.0 Å². The number of imidazole rings is 1. The molecule has 1 fully saturated rings. The van der Waals surface area contributed by atoms with E-state index >= 15 is 0 Å². The van der Waals surface area contributed by atoms with E-state index < -0.39 is 5.97 Å². The molecule has 0 unspecified atom stereocenters. The molecule has 7 heteroatoms. The Hall–Kier alpha value is -4.13. The third-order valence-corrected chi connectivity index (χ3v) is 7.40. The summed E-state index contributed by atoms with van der Waals surface area (Å²) in [5, 5.41) is 15.7. The SMILES string of the molecule is CCc1nc2c(C)cc(NC(=O)NC3CCCCC3)cc2n1Cc1ccc(-c2ccccc2C(=O)O)cc1. The Kier molecular flexibility index (Phi) is 7.45. The van der Waals surface area contributed by atoms with Gasteiger partial charge in [-0.05, 0) is 60.2 Å². The number of aromatic nitrogens is 2. The van der Waals surface area contributed by atoms with E-state index in [4.69, 9.17) is 4.98 Å². The third kappa shape index (κ3) is 5.42. The Labute approximate surface area is 222 Å². The third-order valence-electron chi connectivity index (χ3n) is 7.40. The highest BCUT2D eigenvalue weighted by molar-refractivity contribution is 5.96. The summed E-state index contributed by atoms with van der Waals surface area (Å²) < 4.78 is 2.20. The predicted octanol–water partition coefficient (Wildman–Crippen LogP) is 6.77.